The molecule has 1 aliphatic heterocycles. The Morgan fingerprint density at radius 3 is 2.50 bits per heavy atom. The molecule has 1 N–H and O–H groups in total. The predicted octanol–water partition coefficient (Wildman–Crippen LogP) is 3.79. The zero-order valence-electron chi connectivity index (χ0n) is 15.4. The molecule has 2 rings (SSSR count). The highest BCUT2D eigenvalue weighted by atomic mass is 35.5. The summed E-state index contributed by atoms with van der Waals surface area (Å²) in [7, 11) is 0. The van der Waals surface area contributed by atoms with Crippen molar-refractivity contribution in [3.8, 4) is 5.75 Å². The van der Waals surface area contributed by atoms with Crippen molar-refractivity contribution in [3.63, 3.8) is 0 Å². The Labute approximate surface area is 150 Å². The number of hydrogen-bond donors (Lipinski definition) is 1. The minimum absolute atomic E-state index is 0.0712. The molecule has 0 radical (unpaired) electrons. The zero-order valence-corrected chi connectivity index (χ0v) is 16.1. The Bertz CT molecular complexity index is 579. The lowest BCUT2D eigenvalue weighted by Crippen LogP contribution is -2.53. The van der Waals surface area contributed by atoms with Crippen LogP contribution in [0.5, 0.6) is 5.75 Å². The van der Waals surface area contributed by atoms with Gasteiger partial charge in [0.25, 0.3) is 5.91 Å². The van der Waals surface area contributed by atoms with Gasteiger partial charge in [-0.3, -0.25) is 4.79 Å². The van der Waals surface area contributed by atoms with Crippen molar-refractivity contribution in [2.75, 3.05) is 13.1 Å². The summed E-state index contributed by atoms with van der Waals surface area (Å²) in [5.74, 6) is 0.588. The summed E-state index contributed by atoms with van der Waals surface area (Å²) in [6, 6.07) is 6.24. The van der Waals surface area contributed by atoms with Crippen molar-refractivity contribution in [1.29, 1.82) is 0 Å². The molecule has 5 heteroatoms. The van der Waals surface area contributed by atoms with Crippen LogP contribution < -0.4 is 10.1 Å². The molecule has 24 heavy (non-hydrogen) atoms. The van der Waals surface area contributed by atoms with Crippen LogP contribution in [-0.4, -0.2) is 41.6 Å². The topological polar surface area (TPSA) is 41.6 Å². The fourth-order valence-corrected chi connectivity index (χ4v) is 3.06. The molecular weight excluding hydrogens is 324 g/mol. The molecule has 1 fully saturated rings. The van der Waals surface area contributed by atoms with Gasteiger partial charge in [-0.15, -0.1) is 0 Å². The van der Waals surface area contributed by atoms with Gasteiger partial charge in [0.05, 0.1) is 0 Å². The maximum atomic E-state index is 12.6. The van der Waals surface area contributed by atoms with E-state index in [1.807, 2.05) is 13.0 Å². The number of benzene rings is 1. The summed E-state index contributed by atoms with van der Waals surface area (Å²) in [5.41, 5.74) is 0.0153. The molecule has 1 amide bonds. The van der Waals surface area contributed by atoms with Crippen LogP contribution in [0.15, 0.2) is 18.2 Å². The number of nitrogens with zero attached hydrogens (tertiary/aromatic N) is 1. The van der Waals surface area contributed by atoms with Crippen molar-refractivity contribution >= 4 is 17.5 Å². The standard InChI is InChI=1S/C19H29ClN2O2/c1-13(2)22-10-8-15(9-11-22)21-18(23)19(4,5)24-16-6-7-17(20)14(3)12-16/h6-7,12-13,15H,8-11H2,1-5H3,(H,21,23). The Balaban J connectivity index is 1.92. The first-order valence-electron chi connectivity index (χ1n) is 8.69. The molecule has 4 nitrogen and oxygen atoms in total. The molecule has 0 aromatic heterocycles. The zero-order chi connectivity index (χ0) is 17.9. The smallest absolute Gasteiger partial charge is 0.263 e. The van der Waals surface area contributed by atoms with Gasteiger partial charge in [-0.25, -0.2) is 0 Å². The number of aryl methyl sites for hydroxylation is 1. The Morgan fingerprint density at radius 1 is 1.33 bits per heavy atom. The van der Waals surface area contributed by atoms with E-state index in [9.17, 15) is 4.79 Å². The van der Waals surface area contributed by atoms with Crippen molar-refractivity contribution in [3.05, 3.63) is 28.8 Å². The maximum Gasteiger partial charge on any atom is 0.263 e. The highest BCUT2D eigenvalue weighted by Crippen LogP contribution is 2.25. The van der Waals surface area contributed by atoms with Gasteiger partial charge in [0, 0.05) is 30.2 Å². The van der Waals surface area contributed by atoms with Crippen molar-refractivity contribution < 1.29 is 9.53 Å². The number of carbonyl (C=O) groups excluding carboxylic acids is 1. The van der Waals surface area contributed by atoms with Crippen LogP contribution in [0.25, 0.3) is 0 Å². The number of hydrogen-bond acceptors (Lipinski definition) is 3. The number of likely N-dealkylation sites (tertiary alicyclic amines) is 1. The van der Waals surface area contributed by atoms with Crippen LogP contribution in [0.2, 0.25) is 5.02 Å². The third-order valence-electron chi connectivity index (χ3n) is 4.64. The number of halogens is 1. The minimum Gasteiger partial charge on any atom is -0.478 e. The molecule has 0 bridgehead atoms. The molecule has 0 aliphatic carbocycles. The van der Waals surface area contributed by atoms with E-state index in [2.05, 4.69) is 24.1 Å². The van der Waals surface area contributed by atoms with Crippen molar-refractivity contribution in [2.45, 2.75) is 65.1 Å². The van der Waals surface area contributed by atoms with Gasteiger partial charge in [-0.05, 0) is 71.2 Å². The van der Waals surface area contributed by atoms with Crippen LogP contribution in [0.1, 0.15) is 46.1 Å². The van der Waals surface area contributed by atoms with Crippen molar-refractivity contribution in [1.82, 2.24) is 10.2 Å². The molecule has 0 spiro atoms. The summed E-state index contributed by atoms with van der Waals surface area (Å²) < 4.78 is 5.92. The van der Waals surface area contributed by atoms with Crippen LogP contribution in [-0.2, 0) is 4.79 Å². The molecule has 1 aromatic rings. The lowest BCUT2D eigenvalue weighted by Gasteiger charge is -2.36. The fraction of sp³-hybridized carbons (Fsp3) is 0.632. The van der Waals surface area contributed by atoms with E-state index < -0.39 is 5.60 Å². The Morgan fingerprint density at radius 2 is 1.96 bits per heavy atom. The second-order valence-electron chi connectivity index (χ2n) is 7.40. The third-order valence-corrected chi connectivity index (χ3v) is 5.07. The molecule has 0 saturated carbocycles. The van der Waals surface area contributed by atoms with Gasteiger partial charge in [-0.1, -0.05) is 11.6 Å². The predicted molar refractivity (Wildman–Crippen MR) is 98.8 cm³/mol. The van der Waals surface area contributed by atoms with Gasteiger partial charge in [0.1, 0.15) is 5.75 Å². The molecule has 0 atom stereocenters. The Hall–Kier alpha value is -1.26. The van der Waals surface area contributed by atoms with Crippen LogP contribution in [0.4, 0.5) is 0 Å². The lowest BCUT2D eigenvalue weighted by molar-refractivity contribution is -0.135. The van der Waals surface area contributed by atoms with Crippen LogP contribution in [0, 0.1) is 6.92 Å². The summed E-state index contributed by atoms with van der Waals surface area (Å²) in [4.78, 5) is 15.1. The number of nitrogens with one attached hydrogen (secondary N) is 1. The van der Waals surface area contributed by atoms with E-state index in [1.54, 1.807) is 26.0 Å². The first-order valence-corrected chi connectivity index (χ1v) is 9.07. The normalized spacial score (nSPS) is 17.1. The maximum absolute atomic E-state index is 12.6. The van der Waals surface area contributed by atoms with Crippen molar-refractivity contribution in [2.24, 2.45) is 0 Å². The summed E-state index contributed by atoms with van der Waals surface area (Å²) in [6.07, 6.45) is 1.97. The average molecular weight is 353 g/mol. The molecule has 134 valence electrons. The molecule has 1 heterocycles. The van der Waals surface area contributed by atoms with E-state index in [0.717, 1.165) is 31.5 Å². The SMILES string of the molecule is Cc1cc(OC(C)(C)C(=O)NC2CCN(C(C)C)CC2)ccc1Cl. The number of ether oxygens (including phenoxy) is 1. The summed E-state index contributed by atoms with van der Waals surface area (Å²) in [6.45, 7) is 12.0. The fourth-order valence-electron chi connectivity index (χ4n) is 2.94. The quantitative estimate of drug-likeness (QED) is 0.876. The largest absolute Gasteiger partial charge is 0.478 e. The number of carbonyl (C=O) groups is 1. The van der Waals surface area contributed by atoms with Gasteiger partial charge < -0.3 is 15.0 Å². The van der Waals surface area contributed by atoms with E-state index in [0.29, 0.717) is 16.8 Å². The minimum atomic E-state index is -0.921. The molecule has 1 aliphatic rings. The molecule has 1 saturated heterocycles. The molecule has 1 aromatic carbocycles. The van der Waals surface area contributed by atoms with Crippen LogP contribution in [0.3, 0.4) is 0 Å². The second kappa shape index (κ2) is 7.75. The monoisotopic (exact) mass is 352 g/mol. The summed E-state index contributed by atoms with van der Waals surface area (Å²) in [5, 5.41) is 3.84. The lowest BCUT2D eigenvalue weighted by atomic mass is 10.0. The van der Waals surface area contributed by atoms with E-state index in [4.69, 9.17) is 16.3 Å². The third kappa shape index (κ3) is 4.87. The second-order valence-corrected chi connectivity index (χ2v) is 7.81. The van der Waals surface area contributed by atoms with E-state index in [1.165, 1.54) is 0 Å². The first kappa shape index (κ1) is 19.1. The van der Waals surface area contributed by atoms with E-state index in [-0.39, 0.29) is 11.9 Å². The number of amides is 1. The van der Waals surface area contributed by atoms with Gasteiger partial charge in [0.15, 0.2) is 5.60 Å². The van der Waals surface area contributed by atoms with Crippen LogP contribution >= 0.6 is 11.6 Å². The van der Waals surface area contributed by atoms with Gasteiger partial charge in [0.2, 0.25) is 0 Å². The van der Waals surface area contributed by atoms with Gasteiger partial charge >= 0.3 is 0 Å². The van der Waals surface area contributed by atoms with E-state index >= 15 is 0 Å². The highest BCUT2D eigenvalue weighted by molar-refractivity contribution is 6.31. The molecular formula is C19H29ClN2O2. The molecule has 0 unspecified atom stereocenters. The highest BCUT2D eigenvalue weighted by Gasteiger charge is 2.32. The Kier molecular flexibility index (Phi) is 6.16. The number of rotatable bonds is 5. The van der Waals surface area contributed by atoms with Gasteiger partial charge in [-0.2, -0.15) is 0 Å². The average Bonchev–Trinajstić information content (AvgIpc) is 2.51. The summed E-state index contributed by atoms with van der Waals surface area (Å²) >= 11 is 6.04. The first-order chi connectivity index (χ1) is 11.2. The number of piperidine rings is 1.